The first kappa shape index (κ1) is 47.4. The quantitative estimate of drug-likeness (QED) is 0.118. The highest BCUT2D eigenvalue weighted by Gasteiger charge is 2.61. The minimum absolute atomic E-state index is 0.0549. The van der Waals surface area contributed by atoms with E-state index in [0.29, 0.717) is 95.5 Å². The van der Waals surface area contributed by atoms with Gasteiger partial charge in [-0.05, 0) is 150 Å². The zero-order chi connectivity index (χ0) is 51.7. The first-order chi connectivity index (χ1) is 36.2. The van der Waals surface area contributed by atoms with Gasteiger partial charge in [-0.15, -0.1) is 0 Å². The Hall–Kier alpha value is -7.28. The second-order valence-corrected chi connectivity index (χ2v) is 22.0. The van der Waals surface area contributed by atoms with Crippen molar-refractivity contribution in [3.8, 4) is 17.2 Å². The number of aryl methyl sites for hydroxylation is 2. The van der Waals surface area contributed by atoms with E-state index in [1.807, 2.05) is 52.9 Å². The molecule has 2 aliphatic carbocycles. The molecule has 0 radical (unpaired) electrons. The van der Waals surface area contributed by atoms with Crippen molar-refractivity contribution in [3.63, 3.8) is 0 Å². The number of H-pyrrole nitrogens is 1. The average Bonchev–Trinajstić information content (AvgIpc) is 3.97. The summed E-state index contributed by atoms with van der Waals surface area (Å²) in [6, 6.07) is 24.9. The van der Waals surface area contributed by atoms with E-state index in [0.717, 1.165) is 42.1 Å². The van der Waals surface area contributed by atoms with Crippen LogP contribution in [0.15, 0.2) is 107 Å². The van der Waals surface area contributed by atoms with Crippen LogP contribution in [0.5, 0.6) is 0 Å². The summed E-state index contributed by atoms with van der Waals surface area (Å²) in [6.45, 7) is 11.3. The molecule has 13 rings (SSSR count). The van der Waals surface area contributed by atoms with Crippen molar-refractivity contribution in [1.82, 2.24) is 48.3 Å². The zero-order valence-corrected chi connectivity index (χ0v) is 43.2. The Morgan fingerprint density at radius 2 is 1.71 bits per heavy atom. The van der Waals surface area contributed by atoms with Gasteiger partial charge in [0.15, 0.2) is 11.6 Å². The van der Waals surface area contributed by atoms with Gasteiger partial charge in [-0.1, -0.05) is 36.4 Å². The molecule has 18 heteroatoms. The number of halogens is 2. The number of hydrogen-bond acceptors (Lipinski definition) is 9. The smallest absolute Gasteiger partial charge is 0.338 e. The highest BCUT2D eigenvalue weighted by Crippen LogP contribution is 2.57. The van der Waals surface area contributed by atoms with Gasteiger partial charge in [0.2, 0.25) is 0 Å². The molecule has 9 aromatic rings. The van der Waals surface area contributed by atoms with Gasteiger partial charge in [0.05, 0.1) is 65.1 Å². The molecular formula is C57H56F2N10O5S. The average molecular weight is 1030 g/mol. The molecule has 1 saturated heterocycles. The van der Waals surface area contributed by atoms with Gasteiger partial charge in [-0.3, -0.25) is 18.6 Å². The molecule has 4 atom stereocenters. The second-order valence-electron chi connectivity index (χ2n) is 21.6. The monoisotopic (exact) mass is 1030 g/mol. The number of rotatable bonds is 12. The topological polar surface area (TPSA) is 148 Å². The van der Waals surface area contributed by atoms with Crippen LogP contribution in [0.25, 0.3) is 39.0 Å². The van der Waals surface area contributed by atoms with Crippen molar-refractivity contribution in [2.45, 2.75) is 109 Å². The van der Waals surface area contributed by atoms with Crippen molar-refractivity contribution in [2.75, 3.05) is 19.8 Å². The molecule has 3 fully saturated rings. The molecule has 5 aromatic heterocycles. The standard InChI is InChI=1S/C57H56F2N10O5S/c1-32-23-41(24-33(2)49(32)58)69-51(66-21-20-65(55(66)71)46-16-15-45-42(50(46)59)29-60-68(45)40-12-13-40)48-34(3)64(19-17-43(48)62-69)52(70)47-26-38-25-36(37-18-22-73-56(4,5)27-37)11-14-44(38)67(47)57(53-61-54(75)74-63-53)28-39(57)31-72-30-35-9-7-6-8-10-35/h6-11,14-16,20-21,23-26,29,34,37,39-40H,12-13,17-19,22,27-28,30-31H2,1-5H3,(H,61,63,75)/t34-,37-,39+,57-/m0/s1. The van der Waals surface area contributed by atoms with Crippen LogP contribution in [0.2, 0.25) is 0 Å². The molecule has 0 bridgehead atoms. The number of fused-ring (bicyclic) bond motifs is 3. The molecular weight excluding hydrogens is 975 g/mol. The molecule has 7 heterocycles. The fourth-order valence-corrected chi connectivity index (χ4v) is 12.3. The predicted octanol–water partition coefficient (Wildman–Crippen LogP) is 10.8. The molecule has 15 nitrogen and oxygen atoms in total. The molecule has 2 saturated carbocycles. The Balaban J connectivity index is 0.934. The molecule has 1 amide bonds. The van der Waals surface area contributed by atoms with Crippen molar-refractivity contribution in [3.05, 3.63) is 169 Å². The number of carbonyl (C=O) groups excluding carboxylic acids is 1. The van der Waals surface area contributed by atoms with Crippen molar-refractivity contribution < 1.29 is 27.6 Å². The van der Waals surface area contributed by atoms with Crippen LogP contribution in [0.3, 0.4) is 0 Å². The molecule has 1 N–H and O–H groups in total. The molecule has 4 aromatic carbocycles. The summed E-state index contributed by atoms with van der Waals surface area (Å²) < 4.78 is 58.4. The number of nitrogens with one attached hydrogen (secondary N) is 1. The van der Waals surface area contributed by atoms with E-state index in [9.17, 15) is 4.79 Å². The summed E-state index contributed by atoms with van der Waals surface area (Å²) in [5, 5.41) is 13.9. The Labute approximate surface area is 435 Å². The molecule has 384 valence electrons. The fraction of sp³-hybridized carbons (Fsp3) is 0.368. The van der Waals surface area contributed by atoms with E-state index in [1.54, 1.807) is 49.0 Å². The van der Waals surface area contributed by atoms with Crippen LogP contribution in [0, 0.1) is 36.2 Å². The van der Waals surface area contributed by atoms with Crippen LogP contribution in [0.1, 0.15) is 121 Å². The van der Waals surface area contributed by atoms with E-state index in [2.05, 4.69) is 46.9 Å². The summed E-state index contributed by atoms with van der Waals surface area (Å²) in [7, 11) is 0. The predicted molar refractivity (Wildman–Crippen MR) is 280 cm³/mol. The maximum atomic E-state index is 16.6. The largest absolute Gasteiger partial charge is 0.376 e. The van der Waals surface area contributed by atoms with Gasteiger partial charge in [0.1, 0.15) is 22.9 Å². The van der Waals surface area contributed by atoms with Gasteiger partial charge in [0, 0.05) is 54.4 Å². The molecule has 4 aliphatic rings. The lowest BCUT2D eigenvalue weighted by molar-refractivity contribution is -0.0592. The van der Waals surface area contributed by atoms with Crippen LogP contribution in [-0.4, -0.2) is 79.6 Å². The third-order valence-electron chi connectivity index (χ3n) is 16.2. The Morgan fingerprint density at radius 3 is 2.45 bits per heavy atom. The number of aromatic amines is 1. The minimum atomic E-state index is -0.893. The lowest BCUT2D eigenvalue weighted by Crippen LogP contribution is -2.41. The number of ether oxygens (including phenoxy) is 2. The molecule has 0 spiro atoms. The fourth-order valence-electron chi connectivity index (χ4n) is 12.2. The summed E-state index contributed by atoms with van der Waals surface area (Å²) in [5.74, 6) is -0.143. The summed E-state index contributed by atoms with van der Waals surface area (Å²) >= 11 is 5.47. The summed E-state index contributed by atoms with van der Waals surface area (Å²) in [5.41, 5.74) is 5.19. The minimum Gasteiger partial charge on any atom is -0.376 e. The Kier molecular flexibility index (Phi) is 11.2. The third kappa shape index (κ3) is 7.85. The lowest BCUT2D eigenvalue weighted by Gasteiger charge is -2.35. The van der Waals surface area contributed by atoms with Crippen LogP contribution < -0.4 is 5.69 Å². The number of nitrogens with zero attached hydrogens (tertiary/aromatic N) is 9. The normalized spacial score (nSPS) is 21.3. The van der Waals surface area contributed by atoms with E-state index in [4.69, 9.17) is 36.3 Å². The van der Waals surface area contributed by atoms with E-state index < -0.39 is 23.1 Å². The highest BCUT2D eigenvalue weighted by molar-refractivity contribution is 7.71. The maximum absolute atomic E-state index is 16.6. The molecule has 75 heavy (non-hydrogen) atoms. The Bertz CT molecular complexity index is 3850. The van der Waals surface area contributed by atoms with Crippen molar-refractivity contribution >= 4 is 39.9 Å². The Morgan fingerprint density at radius 1 is 0.933 bits per heavy atom. The van der Waals surface area contributed by atoms with E-state index in [-0.39, 0.29) is 45.7 Å². The summed E-state index contributed by atoms with van der Waals surface area (Å²) in [6.07, 6.45) is 9.29. The first-order valence-corrected chi connectivity index (χ1v) is 26.2. The van der Waals surface area contributed by atoms with Crippen LogP contribution in [0.4, 0.5) is 8.78 Å². The number of imidazole rings is 1. The van der Waals surface area contributed by atoms with Crippen LogP contribution >= 0.6 is 12.2 Å². The number of aromatic nitrogens is 9. The van der Waals surface area contributed by atoms with E-state index in [1.165, 1.54) is 27.1 Å². The number of benzene rings is 4. The SMILES string of the molecule is Cc1cc(-n2nc3c(c2-n2ccn(-c4ccc5c(cnn5C5CC5)c4F)c2=O)[C@H](C)N(C(=O)c2cc4cc([C@H]5CCOC(C)(C)C5)ccc4n2[C@@]2(c4nc(=S)o[nH]4)C[C@@H]2COCc2ccccc2)CC3)cc(C)c1F. The zero-order valence-electron chi connectivity index (χ0n) is 42.3. The van der Waals surface area contributed by atoms with Crippen molar-refractivity contribution in [2.24, 2.45) is 5.92 Å². The number of carbonyl (C=O) groups is 1. The van der Waals surface area contributed by atoms with Gasteiger partial charge >= 0.3 is 10.5 Å². The lowest BCUT2D eigenvalue weighted by atomic mass is 9.83. The molecule has 2 aliphatic heterocycles. The van der Waals surface area contributed by atoms with Gasteiger partial charge in [-0.2, -0.15) is 15.2 Å². The van der Waals surface area contributed by atoms with Gasteiger partial charge in [0.25, 0.3) is 5.91 Å². The summed E-state index contributed by atoms with van der Waals surface area (Å²) in [4.78, 5) is 37.6. The van der Waals surface area contributed by atoms with Crippen LogP contribution in [-0.2, 0) is 28.0 Å². The highest BCUT2D eigenvalue weighted by atomic mass is 32.1. The number of amides is 1. The van der Waals surface area contributed by atoms with Gasteiger partial charge < -0.3 is 23.5 Å². The first-order valence-electron chi connectivity index (χ1n) is 25.8. The number of hydrogen-bond donors (Lipinski definition) is 1. The van der Waals surface area contributed by atoms with Gasteiger partial charge in [-0.25, -0.2) is 23.4 Å². The van der Waals surface area contributed by atoms with E-state index >= 15 is 13.6 Å². The molecule has 0 unspecified atom stereocenters. The van der Waals surface area contributed by atoms with Crippen molar-refractivity contribution in [1.29, 1.82) is 0 Å². The second kappa shape index (κ2) is 17.7. The maximum Gasteiger partial charge on any atom is 0.338 e. The third-order valence-corrected chi connectivity index (χ3v) is 16.4.